The Balaban J connectivity index is 1.60. The summed E-state index contributed by atoms with van der Waals surface area (Å²) in [5, 5.41) is 1.14. The molecule has 0 amide bonds. The molecule has 0 spiro atoms. The van der Waals surface area contributed by atoms with Gasteiger partial charge in [0.25, 0.3) is 0 Å². The molecule has 0 aliphatic heterocycles. The minimum atomic E-state index is -0.368. The molecule has 5 nitrogen and oxygen atoms in total. The fourth-order valence-corrected chi connectivity index (χ4v) is 5.77. The van der Waals surface area contributed by atoms with E-state index in [-0.39, 0.29) is 12.1 Å². The highest BCUT2D eigenvalue weighted by Gasteiger charge is 2.27. The number of rotatable bonds is 5. The summed E-state index contributed by atoms with van der Waals surface area (Å²) in [6.45, 7) is 2.10. The molecule has 0 bridgehead atoms. The molecule has 1 aliphatic carbocycles. The van der Waals surface area contributed by atoms with Crippen molar-refractivity contribution >= 4 is 21.6 Å². The minimum Gasteiger partial charge on any atom is -0.326 e. The smallest absolute Gasteiger partial charge is 0.161 e. The van der Waals surface area contributed by atoms with Crippen LogP contribution in [0.4, 0.5) is 0 Å². The number of hydrogen-bond acceptors (Lipinski definition) is 6. The Morgan fingerprint density at radius 1 is 1.03 bits per heavy atom. The number of pyridine rings is 1. The number of thiophene rings is 1. The lowest BCUT2D eigenvalue weighted by Gasteiger charge is -2.22. The van der Waals surface area contributed by atoms with E-state index in [0.29, 0.717) is 12.2 Å². The number of benzene rings is 1. The Bertz CT molecular complexity index is 1220. The third kappa shape index (κ3) is 3.99. The molecular weight excluding hydrogens is 402 g/mol. The van der Waals surface area contributed by atoms with Gasteiger partial charge in [0.2, 0.25) is 0 Å². The van der Waals surface area contributed by atoms with E-state index in [4.69, 9.17) is 21.4 Å². The fraction of sp³-hybridized carbons (Fsp3) is 0.320. The summed E-state index contributed by atoms with van der Waals surface area (Å²) in [6.07, 6.45) is 8.88. The molecule has 4 aromatic rings. The molecule has 158 valence electrons. The van der Waals surface area contributed by atoms with E-state index >= 15 is 0 Å². The standard InChI is InChI=1S/C25H27N5S/c1-15-5-4-6-16(13-15)14-19(26)22(27)23-21-18-7-2-3-8-20(18)31-25(21)30-24(29-23)17-9-11-28-12-10-17/h4-6,9-13,19,22H,2-3,7-8,14,26-27H2,1H3. The van der Waals surface area contributed by atoms with Crippen molar-refractivity contribution in [3.63, 3.8) is 0 Å². The molecule has 31 heavy (non-hydrogen) atoms. The summed E-state index contributed by atoms with van der Waals surface area (Å²) in [4.78, 5) is 16.5. The number of aryl methyl sites for hydroxylation is 3. The maximum Gasteiger partial charge on any atom is 0.161 e. The quantitative estimate of drug-likeness (QED) is 0.487. The Hall–Kier alpha value is -2.67. The third-order valence-electron chi connectivity index (χ3n) is 6.11. The van der Waals surface area contributed by atoms with Crippen molar-refractivity contribution in [1.29, 1.82) is 0 Å². The van der Waals surface area contributed by atoms with Crippen LogP contribution in [-0.4, -0.2) is 21.0 Å². The second kappa shape index (κ2) is 8.46. The van der Waals surface area contributed by atoms with Crippen molar-refractivity contribution in [3.05, 3.63) is 76.1 Å². The molecule has 3 heterocycles. The largest absolute Gasteiger partial charge is 0.326 e. The van der Waals surface area contributed by atoms with Gasteiger partial charge < -0.3 is 11.5 Å². The van der Waals surface area contributed by atoms with Gasteiger partial charge in [-0.15, -0.1) is 11.3 Å². The maximum atomic E-state index is 6.81. The Morgan fingerprint density at radius 3 is 2.65 bits per heavy atom. The lowest BCUT2D eigenvalue weighted by Crippen LogP contribution is -2.36. The number of hydrogen-bond donors (Lipinski definition) is 2. The van der Waals surface area contributed by atoms with Crippen LogP contribution in [0.15, 0.2) is 48.8 Å². The number of nitrogens with two attached hydrogens (primary N) is 2. The van der Waals surface area contributed by atoms with Crippen molar-refractivity contribution in [3.8, 4) is 11.4 Å². The summed E-state index contributed by atoms with van der Waals surface area (Å²) in [5.74, 6) is 0.696. The molecule has 1 aromatic carbocycles. The fourth-order valence-electron chi connectivity index (χ4n) is 4.50. The summed E-state index contributed by atoms with van der Waals surface area (Å²) in [7, 11) is 0. The average molecular weight is 430 g/mol. The van der Waals surface area contributed by atoms with Gasteiger partial charge in [-0.05, 0) is 62.3 Å². The van der Waals surface area contributed by atoms with E-state index in [1.165, 1.54) is 34.4 Å². The van der Waals surface area contributed by atoms with Gasteiger partial charge >= 0.3 is 0 Å². The first-order valence-corrected chi connectivity index (χ1v) is 11.7. The molecule has 5 rings (SSSR count). The molecule has 2 unspecified atom stereocenters. The molecule has 0 fully saturated rings. The first kappa shape index (κ1) is 20.2. The van der Waals surface area contributed by atoms with E-state index < -0.39 is 0 Å². The van der Waals surface area contributed by atoms with Crippen molar-refractivity contribution in [2.45, 2.75) is 51.1 Å². The Labute approximate surface area is 186 Å². The van der Waals surface area contributed by atoms with Crippen molar-refractivity contribution in [1.82, 2.24) is 15.0 Å². The van der Waals surface area contributed by atoms with Gasteiger partial charge in [0, 0.05) is 34.3 Å². The molecule has 0 radical (unpaired) electrons. The van der Waals surface area contributed by atoms with Crippen LogP contribution >= 0.6 is 11.3 Å². The molecule has 1 aliphatic rings. The van der Waals surface area contributed by atoms with E-state index in [2.05, 4.69) is 36.2 Å². The van der Waals surface area contributed by atoms with E-state index in [0.717, 1.165) is 34.3 Å². The van der Waals surface area contributed by atoms with Crippen LogP contribution in [0.5, 0.6) is 0 Å². The second-order valence-electron chi connectivity index (χ2n) is 8.44. The van der Waals surface area contributed by atoms with E-state index in [9.17, 15) is 0 Å². The molecule has 4 N–H and O–H groups in total. The van der Waals surface area contributed by atoms with Crippen LogP contribution in [-0.2, 0) is 19.3 Å². The van der Waals surface area contributed by atoms with Gasteiger partial charge in [0.05, 0.1) is 11.7 Å². The molecule has 6 heteroatoms. The summed E-state index contributed by atoms with van der Waals surface area (Å²) >= 11 is 1.79. The van der Waals surface area contributed by atoms with Gasteiger partial charge in [0.15, 0.2) is 5.82 Å². The van der Waals surface area contributed by atoms with Crippen LogP contribution in [0.2, 0.25) is 0 Å². The number of nitrogens with zero attached hydrogens (tertiary/aromatic N) is 3. The first-order valence-electron chi connectivity index (χ1n) is 10.9. The normalized spacial score (nSPS) is 15.6. The number of fused-ring (bicyclic) bond motifs is 3. The zero-order valence-corrected chi connectivity index (χ0v) is 18.5. The van der Waals surface area contributed by atoms with E-state index in [1.807, 2.05) is 12.1 Å². The van der Waals surface area contributed by atoms with Gasteiger partial charge in [-0.25, -0.2) is 9.97 Å². The van der Waals surface area contributed by atoms with Crippen molar-refractivity contribution in [2.24, 2.45) is 11.5 Å². The predicted molar refractivity (Wildman–Crippen MR) is 127 cm³/mol. The summed E-state index contributed by atoms with van der Waals surface area (Å²) in [6, 6.07) is 11.7. The van der Waals surface area contributed by atoms with Gasteiger partial charge in [-0.1, -0.05) is 29.8 Å². The Morgan fingerprint density at radius 2 is 1.84 bits per heavy atom. The topological polar surface area (TPSA) is 90.7 Å². The van der Waals surface area contributed by atoms with Crippen LogP contribution < -0.4 is 11.5 Å². The molecule has 0 saturated heterocycles. The highest BCUT2D eigenvalue weighted by atomic mass is 32.1. The predicted octanol–water partition coefficient (Wildman–Crippen LogP) is 4.51. The zero-order chi connectivity index (χ0) is 21.4. The van der Waals surface area contributed by atoms with Crippen molar-refractivity contribution in [2.75, 3.05) is 0 Å². The highest BCUT2D eigenvalue weighted by molar-refractivity contribution is 7.18. The molecule has 2 atom stereocenters. The zero-order valence-electron chi connectivity index (χ0n) is 17.7. The average Bonchev–Trinajstić information content (AvgIpc) is 3.17. The monoisotopic (exact) mass is 429 g/mol. The van der Waals surface area contributed by atoms with Crippen LogP contribution in [0.1, 0.15) is 46.1 Å². The summed E-state index contributed by atoms with van der Waals surface area (Å²) in [5.41, 5.74) is 19.1. The molecule has 0 saturated carbocycles. The van der Waals surface area contributed by atoms with Gasteiger partial charge in [-0.3, -0.25) is 4.98 Å². The SMILES string of the molecule is Cc1cccc(CC(N)C(N)c2nc(-c3ccncc3)nc3sc4c(c23)CCCC4)c1. The number of aromatic nitrogens is 3. The lowest BCUT2D eigenvalue weighted by atomic mass is 9.92. The van der Waals surface area contributed by atoms with Crippen LogP contribution in [0, 0.1) is 6.92 Å². The van der Waals surface area contributed by atoms with Gasteiger partial charge in [0.1, 0.15) is 4.83 Å². The van der Waals surface area contributed by atoms with Crippen LogP contribution in [0.25, 0.3) is 21.6 Å². The van der Waals surface area contributed by atoms with Crippen molar-refractivity contribution < 1.29 is 0 Å². The summed E-state index contributed by atoms with van der Waals surface area (Å²) < 4.78 is 0. The highest BCUT2D eigenvalue weighted by Crippen LogP contribution is 2.39. The Kier molecular flexibility index (Phi) is 5.52. The second-order valence-corrected chi connectivity index (χ2v) is 9.53. The minimum absolute atomic E-state index is 0.232. The molecule has 3 aromatic heterocycles. The third-order valence-corrected chi connectivity index (χ3v) is 7.30. The van der Waals surface area contributed by atoms with Gasteiger partial charge in [-0.2, -0.15) is 0 Å². The lowest BCUT2D eigenvalue weighted by molar-refractivity contribution is 0.536. The van der Waals surface area contributed by atoms with E-state index in [1.54, 1.807) is 23.7 Å². The molecular formula is C25H27N5S. The first-order chi connectivity index (χ1) is 15.1. The maximum absolute atomic E-state index is 6.81. The van der Waals surface area contributed by atoms with Crippen LogP contribution in [0.3, 0.4) is 0 Å².